The molecule has 0 aliphatic carbocycles. The van der Waals surface area contributed by atoms with Crippen LogP contribution in [0.4, 0.5) is 9.18 Å². The van der Waals surface area contributed by atoms with E-state index < -0.39 is 5.54 Å². The number of amides is 2. The largest absolute Gasteiger partial charge is 0.448 e. The number of ether oxygens (including phenoxy) is 1. The minimum absolute atomic E-state index is 0.120. The van der Waals surface area contributed by atoms with Crippen molar-refractivity contribution >= 4 is 12.0 Å². The average molecular weight is 308 g/mol. The van der Waals surface area contributed by atoms with Gasteiger partial charge in [0.05, 0.1) is 12.1 Å². The second kappa shape index (κ2) is 6.77. The van der Waals surface area contributed by atoms with Gasteiger partial charge in [0.15, 0.2) is 0 Å². The van der Waals surface area contributed by atoms with Gasteiger partial charge in [0, 0.05) is 13.0 Å². The number of cyclic esters (lactones) is 1. The van der Waals surface area contributed by atoms with Crippen LogP contribution < -0.4 is 5.32 Å². The molecule has 120 valence electrons. The summed E-state index contributed by atoms with van der Waals surface area (Å²) in [4.78, 5) is 25.1. The molecule has 1 aromatic carbocycles. The smallest absolute Gasteiger partial charge is 0.410 e. The van der Waals surface area contributed by atoms with Crippen molar-refractivity contribution in [2.75, 3.05) is 19.7 Å². The average Bonchev–Trinajstić information content (AvgIpc) is 2.90. The Kier molecular flexibility index (Phi) is 5.00. The zero-order valence-corrected chi connectivity index (χ0v) is 12.9. The number of aryl methyl sites for hydroxylation is 1. The number of carbonyl (C=O) groups excluding carboxylic acids is 2. The highest BCUT2D eigenvalue weighted by Gasteiger charge is 2.35. The van der Waals surface area contributed by atoms with Crippen molar-refractivity contribution in [1.82, 2.24) is 10.2 Å². The number of hydrogen-bond donors (Lipinski definition) is 1. The van der Waals surface area contributed by atoms with Crippen LogP contribution in [0, 0.1) is 5.82 Å². The van der Waals surface area contributed by atoms with E-state index in [1.165, 1.54) is 12.1 Å². The fraction of sp³-hybridized carbons (Fsp3) is 0.500. The minimum Gasteiger partial charge on any atom is -0.448 e. The van der Waals surface area contributed by atoms with Crippen LogP contribution >= 0.6 is 0 Å². The molecule has 0 atom stereocenters. The van der Waals surface area contributed by atoms with Crippen LogP contribution in [0.2, 0.25) is 0 Å². The van der Waals surface area contributed by atoms with Crippen LogP contribution in [-0.4, -0.2) is 42.1 Å². The van der Waals surface area contributed by atoms with E-state index in [2.05, 4.69) is 5.32 Å². The molecule has 1 aliphatic heterocycles. The minimum atomic E-state index is -0.498. The van der Waals surface area contributed by atoms with Crippen molar-refractivity contribution in [2.45, 2.75) is 32.2 Å². The number of nitrogens with zero attached hydrogens (tertiary/aromatic N) is 1. The van der Waals surface area contributed by atoms with Gasteiger partial charge in [0.1, 0.15) is 12.4 Å². The Balaban J connectivity index is 1.78. The van der Waals surface area contributed by atoms with Gasteiger partial charge in [-0.25, -0.2) is 9.18 Å². The highest BCUT2D eigenvalue weighted by Crippen LogP contribution is 2.18. The van der Waals surface area contributed by atoms with Crippen LogP contribution in [-0.2, 0) is 16.0 Å². The van der Waals surface area contributed by atoms with Crippen LogP contribution in [0.25, 0.3) is 0 Å². The van der Waals surface area contributed by atoms with Crippen molar-refractivity contribution in [3.8, 4) is 0 Å². The summed E-state index contributed by atoms with van der Waals surface area (Å²) in [6.07, 6.45) is 0.416. The maximum absolute atomic E-state index is 13.1. The van der Waals surface area contributed by atoms with E-state index in [4.69, 9.17) is 4.74 Å². The summed E-state index contributed by atoms with van der Waals surface area (Å²) < 4.78 is 18.0. The Labute approximate surface area is 129 Å². The van der Waals surface area contributed by atoms with E-state index in [0.29, 0.717) is 26.1 Å². The topological polar surface area (TPSA) is 58.6 Å². The maximum Gasteiger partial charge on any atom is 0.410 e. The molecule has 1 heterocycles. The van der Waals surface area contributed by atoms with Crippen molar-refractivity contribution in [2.24, 2.45) is 0 Å². The summed E-state index contributed by atoms with van der Waals surface area (Å²) in [5, 5.41) is 2.82. The molecule has 0 unspecified atom stereocenters. The highest BCUT2D eigenvalue weighted by molar-refractivity contribution is 5.76. The predicted molar refractivity (Wildman–Crippen MR) is 79.9 cm³/mol. The summed E-state index contributed by atoms with van der Waals surface area (Å²) in [5.74, 6) is -0.420. The molecule has 1 saturated heterocycles. The molecule has 22 heavy (non-hydrogen) atoms. The number of rotatable bonds is 6. The van der Waals surface area contributed by atoms with Gasteiger partial charge in [-0.15, -0.1) is 0 Å². The maximum atomic E-state index is 13.1. The molecule has 0 spiro atoms. The molecule has 6 heteroatoms. The van der Waals surface area contributed by atoms with Crippen molar-refractivity contribution < 1.29 is 18.7 Å². The van der Waals surface area contributed by atoms with Gasteiger partial charge in [-0.2, -0.15) is 0 Å². The van der Waals surface area contributed by atoms with E-state index in [0.717, 1.165) is 5.56 Å². The van der Waals surface area contributed by atoms with Crippen LogP contribution in [0.3, 0.4) is 0 Å². The molecule has 5 nitrogen and oxygen atoms in total. The fourth-order valence-electron chi connectivity index (χ4n) is 2.39. The monoisotopic (exact) mass is 308 g/mol. The molecule has 2 amide bonds. The van der Waals surface area contributed by atoms with E-state index in [1.807, 2.05) is 13.8 Å². The summed E-state index contributed by atoms with van der Waals surface area (Å²) in [5.41, 5.74) is 0.291. The Morgan fingerprint density at radius 3 is 2.86 bits per heavy atom. The third-order valence-electron chi connectivity index (χ3n) is 3.74. The standard InChI is InChI=1S/C16H21FN2O3/c1-16(2,19-8-9-22-15(19)21)11-18-14(20)7-6-12-4-3-5-13(17)10-12/h3-5,10H,6-9,11H2,1-2H3,(H,18,20). The van der Waals surface area contributed by atoms with Gasteiger partial charge in [0.2, 0.25) is 5.91 Å². The molecule has 0 saturated carbocycles. The molecular formula is C16H21FN2O3. The lowest BCUT2D eigenvalue weighted by Gasteiger charge is -2.33. The van der Waals surface area contributed by atoms with E-state index in [9.17, 15) is 14.0 Å². The number of carbonyl (C=O) groups is 2. The second-order valence-corrected chi connectivity index (χ2v) is 5.99. The highest BCUT2D eigenvalue weighted by atomic mass is 19.1. The Hall–Kier alpha value is -2.11. The molecule has 1 N–H and O–H groups in total. The summed E-state index contributed by atoms with van der Waals surface area (Å²) in [7, 11) is 0. The molecule has 0 aromatic heterocycles. The molecule has 1 aliphatic rings. The quantitative estimate of drug-likeness (QED) is 0.875. The predicted octanol–water partition coefficient (Wildman–Crippen LogP) is 2.11. The number of hydrogen-bond acceptors (Lipinski definition) is 3. The van der Waals surface area contributed by atoms with Gasteiger partial charge < -0.3 is 10.1 Å². The SMILES string of the molecule is CC(C)(CNC(=O)CCc1cccc(F)c1)N1CCOC1=O. The summed E-state index contributed by atoms with van der Waals surface area (Å²) in [6, 6.07) is 6.23. The fourth-order valence-corrected chi connectivity index (χ4v) is 2.39. The molecule has 0 radical (unpaired) electrons. The first-order valence-electron chi connectivity index (χ1n) is 7.34. The third kappa shape index (κ3) is 4.19. The zero-order valence-electron chi connectivity index (χ0n) is 12.9. The van der Waals surface area contributed by atoms with Gasteiger partial charge in [0.25, 0.3) is 0 Å². The Morgan fingerprint density at radius 1 is 1.45 bits per heavy atom. The Morgan fingerprint density at radius 2 is 2.23 bits per heavy atom. The zero-order chi connectivity index (χ0) is 16.2. The van der Waals surface area contributed by atoms with Crippen LogP contribution in [0.5, 0.6) is 0 Å². The van der Waals surface area contributed by atoms with E-state index >= 15 is 0 Å². The van der Waals surface area contributed by atoms with Gasteiger partial charge in [-0.1, -0.05) is 12.1 Å². The van der Waals surface area contributed by atoms with Crippen molar-refractivity contribution in [3.63, 3.8) is 0 Å². The first-order valence-corrected chi connectivity index (χ1v) is 7.34. The first kappa shape index (κ1) is 16.3. The van der Waals surface area contributed by atoms with Crippen molar-refractivity contribution in [3.05, 3.63) is 35.6 Å². The first-order chi connectivity index (χ1) is 10.4. The van der Waals surface area contributed by atoms with Crippen LogP contribution in [0.1, 0.15) is 25.8 Å². The molecule has 1 aromatic rings. The van der Waals surface area contributed by atoms with E-state index in [-0.39, 0.29) is 24.2 Å². The number of halogens is 1. The number of benzene rings is 1. The number of nitrogens with one attached hydrogen (secondary N) is 1. The van der Waals surface area contributed by atoms with Gasteiger partial charge in [-0.05, 0) is 38.0 Å². The lowest BCUT2D eigenvalue weighted by Crippen LogP contribution is -2.52. The molecule has 0 bridgehead atoms. The Bertz CT molecular complexity index is 560. The van der Waals surface area contributed by atoms with Crippen molar-refractivity contribution in [1.29, 1.82) is 0 Å². The molecule has 2 rings (SSSR count). The third-order valence-corrected chi connectivity index (χ3v) is 3.74. The van der Waals surface area contributed by atoms with Gasteiger partial charge >= 0.3 is 6.09 Å². The van der Waals surface area contributed by atoms with E-state index in [1.54, 1.807) is 17.0 Å². The van der Waals surface area contributed by atoms with Crippen LogP contribution in [0.15, 0.2) is 24.3 Å². The molecule has 1 fully saturated rings. The molecular weight excluding hydrogens is 287 g/mol. The van der Waals surface area contributed by atoms with Gasteiger partial charge in [-0.3, -0.25) is 9.69 Å². The second-order valence-electron chi connectivity index (χ2n) is 5.99. The lowest BCUT2D eigenvalue weighted by atomic mass is 10.0. The lowest BCUT2D eigenvalue weighted by molar-refractivity contribution is -0.121. The summed E-state index contributed by atoms with van der Waals surface area (Å²) in [6.45, 7) is 5.03. The normalized spacial score (nSPS) is 14.9. The summed E-state index contributed by atoms with van der Waals surface area (Å²) >= 11 is 0.